The van der Waals surface area contributed by atoms with Crippen LogP contribution < -0.4 is 16.0 Å². The molecule has 0 radical (unpaired) electrons. The van der Waals surface area contributed by atoms with Crippen LogP contribution in [0.3, 0.4) is 0 Å². The number of pyridine rings is 2. The van der Waals surface area contributed by atoms with Gasteiger partial charge in [-0.2, -0.15) is 0 Å². The van der Waals surface area contributed by atoms with Crippen LogP contribution in [-0.2, 0) is 11.3 Å². The van der Waals surface area contributed by atoms with E-state index in [9.17, 15) is 14.4 Å². The van der Waals surface area contributed by atoms with Crippen molar-refractivity contribution in [2.24, 2.45) is 11.8 Å². The van der Waals surface area contributed by atoms with E-state index in [1.54, 1.807) is 12.1 Å². The van der Waals surface area contributed by atoms with Gasteiger partial charge in [0.25, 0.3) is 11.8 Å². The minimum absolute atomic E-state index is 0.0427. The third-order valence-corrected chi connectivity index (χ3v) is 7.23. The number of nitrogens with zero attached hydrogens (tertiary/aromatic N) is 3. The van der Waals surface area contributed by atoms with Crippen molar-refractivity contribution in [3.05, 3.63) is 83.3 Å². The number of hydrogen-bond donors (Lipinski definition) is 3. The van der Waals surface area contributed by atoms with Gasteiger partial charge in [0.05, 0.1) is 17.4 Å². The van der Waals surface area contributed by atoms with E-state index in [1.165, 1.54) is 35.8 Å². The summed E-state index contributed by atoms with van der Waals surface area (Å²) in [4.78, 5) is 48.3. The minimum Gasteiger partial charge on any atom is -0.352 e. The summed E-state index contributed by atoms with van der Waals surface area (Å²) in [5, 5.41) is 8.55. The molecule has 39 heavy (non-hydrogen) atoms. The number of rotatable bonds is 9. The fraction of sp³-hybridized carbons (Fsp3) is 0.367. The molecular weight excluding hydrogens is 492 g/mol. The van der Waals surface area contributed by atoms with Gasteiger partial charge in [-0.15, -0.1) is 0 Å². The summed E-state index contributed by atoms with van der Waals surface area (Å²) in [5.41, 5.74) is 3.77. The molecule has 1 saturated heterocycles. The first-order valence-electron chi connectivity index (χ1n) is 13.5. The van der Waals surface area contributed by atoms with Crippen molar-refractivity contribution >= 4 is 29.2 Å². The lowest BCUT2D eigenvalue weighted by Crippen LogP contribution is -2.38. The fourth-order valence-corrected chi connectivity index (χ4v) is 4.81. The molecule has 3 aromatic rings. The van der Waals surface area contributed by atoms with E-state index in [4.69, 9.17) is 0 Å². The van der Waals surface area contributed by atoms with Crippen molar-refractivity contribution in [2.75, 3.05) is 30.3 Å². The standard InChI is InChI=1S/C30H34N6O3/c1-20-3-2-4-22(13-20)19-36-11-8-21(9-12-36)16-33-28(37)25-14-26(18-31-17-25)34-30(39)24-7-10-32-27(15-24)35-29(38)23-5-6-23/h2-4,7,10,13-15,17-18,21,23H,5-6,8-9,11-12,16,19H2,1H3,(H,33,37)(H,34,39)(H,32,35,38). The second-order valence-corrected chi connectivity index (χ2v) is 10.5. The highest BCUT2D eigenvalue weighted by molar-refractivity contribution is 6.05. The van der Waals surface area contributed by atoms with Crippen LogP contribution >= 0.6 is 0 Å². The largest absolute Gasteiger partial charge is 0.352 e. The Morgan fingerprint density at radius 1 is 0.923 bits per heavy atom. The number of benzene rings is 1. The molecule has 1 aliphatic carbocycles. The number of carbonyl (C=O) groups is 3. The van der Waals surface area contributed by atoms with Crippen LogP contribution in [0.5, 0.6) is 0 Å². The van der Waals surface area contributed by atoms with Crippen molar-refractivity contribution in [1.29, 1.82) is 0 Å². The number of anilines is 2. The van der Waals surface area contributed by atoms with Crippen LogP contribution in [0, 0.1) is 18.8 Å². The van der Waals surface area contributed by atoms with Crippen LogP contribution in [0.15, 0.2) is 61.1 Å². The zero-order chi connectivity index (χ0) is 27.2. The number of nitrogens with one attached hydrogen (secondary N) is 3. The SMILES string of the molecule is Cc1cccc(CN2CCC(CNC(=O)c3cncc(NC(=O)c4ccnc(NC(=O)C5CC5)c4)c3)CC2)c1. The van der Waals surface area contributed by atoms with Crippen molar-refractivity contribution in [1.82, 2.24) is 20.2 Å². The number of carbonyl (C=O) groups excluding carboxylic acids is 3. The Labute approximate surface area is 228 Å². The molecule has 0 spiro atoms. The third kappa shape index (κ3) is 7.48. The Kier molecular flexibility index (Phi) is 8.27. The molecule has 3 heterocycles. The zero-order valence-electron chi connectivity index (χ0n) is 22.2. The smallest absolute Gasteiger partial charge is 0.255 e. The maximum Gasteiger partial charge on any atom is 0.255 e. The van der Waals surface area contributed by atoms with E-state index in [2.05, 4.69) is 62.0 Å². The molecule has 202 valence electrons. The van der Waals surface area contributed by atoms with Crippen molar-refractivity contribution < 1.29 is 14.4 Å². The number of aromatic nitrogens is 2. The normalized spacial score (nSPS) is 15.9. The van der Waals surface area contributed by atoms with E-state index in [0.29, 0.717) is 35.1 Å². The summed E-state index contributed by atoms with van der Waals surface area (Å²) >= 11 is 0. The number of piperidine rings is 1. The minimum atomic E-state index is -0.379. The van der Waals surface area contributed by atoms with Crippen LogP contribution in [0.1, 0.15) is 57.5 Å². The highest BCUT2D eigenvalue weighted by atomic mass is 16.2. The number of likely N-dealkylation sites (tertiary alicyclic amines) is 1. The molecule has 5 rings (SSSR count). The van der Waals surface area contributed by atoms with Gasteiger partial charge < -0.3 is 16.0 Å². The molecular formula is C30H34N6O3. The van der Waals surface area contributed by atoms with Gasteiger partial charge in [0, 0.05) is 37.0 Å². The van der Waals surface area contributed by atoms with Crippen molar-refractivity contribution in [3.8, 4) is 0 Å². The lowest BCUT2D eigenvalue weighted by Gasteiger charge is -2.32. The Morgan fingerprint density at radius 2 is 1.74 bits per heavy atom. The number of aryl methyl sites for hydroxylation is 1. The third-order valence-electron chi connectivity index (χ3n) is 7.23. The Bertz CT molecular complexity index is 1350. The summed E-state index contributed by atoms with van der Waals surface area (Å²) in [5.74, 6) is 0.148. The average Bonchev–Trinajstić information content (AvgIpc) is 3.79. The molecule has 2 fully saturated rings. The molecule has 1 aliphatic heterocycles. The van der Waals surface area contributed by atoms with E-state index in [-0.39, 0.29) is 23.6 Å². The average molecular weight is 527 g/mol. The van der Waals surface area contributed by atoms with Gasteiger partial charge in [0.15, 0.2) is 0 Å². The molecule has 1 saturated carbocycles. The summed E-state index contributed by atoms with van der Waals surface area (Å²) in [6.45, 7) is 5.71. The van der Waals surface area contributed by atoms with Gasteiger partial charge >= 0.3 is 0 Å². The van der Waals surface area contributed by atoms with Crippen molar-refractivity contribution in [2.45, 2.75) is 39.2 Å². The molecule has 9 nitrogen and oxygen atoms in total. The second kappa shape index (κ2) is 12.2. The molecule has 2 aromatic heterocycles. The summed E-state index contributed by atoms with van der Waals surface area (Å²) in [6.07, 6.45) is 8.31. The van der Waals surface area contributed by atoms with E-state index >= 15 is 0 Å². The molecule has 9 heteroatoms. The zero-order valence-corrected chi connectivity index (χ0v) is 22.2. The Balaban J connectivity index is 1.09. The van der Waals surface area contributed by atoms with Gasteiger partial charge in [-0.05, 0) is 75.4 Å². The summed E-state index contributed by atoms with van der Waals surface area (Å²) < 4.78 is 0. The summed E-state index contributed by atoms with van der Waals surface area (Å²) in [7, 11) is 0. The fourth-order valence-electron chi connectivity index (χ4n) is 4.81. The molecule has 0 atom stereocenters. The first kappa shape index (κ1) is 26.5. The quantitative estimate of drug-likeness (QED) is 0.388. The molecule has 3 amide bonds. The summed E-state index contributed by atoms with van der Waals surface area (Å²) in [6, 6.07) is 13.3. The Morgan fingerprint density at radius 3 is 2.51 bits per heavy atom. The first-order valence-corrected chi connectivity index (χ1v) is 13.5. The maximum atomic E-state index is 12.8. The molecule has 1 aromatic carbocycles. The van der Waals surface area contributed by atoms with Crippen molar-refractivity contribution in [3.63, 3.8) is 0 Å². The van der Waals surface area contributed by atoms with E-state index < -0.39 is 0 Å². The monoisotopic (exact) mass is 526 g/mol. The topological polar surface area (TPSA) is 116 Å². The molecule has 0 bridgehead atoms. The highest BCUT2D eigenvalue weighted by Gasteiger charge is 2.30. The van der Waals surface area contributed by atoms with Gasteiger partial charge in [-0.1, -0.05) is 29.8 Å². The second-order valence-electron chi connectivity index (χ2n) is 10.5. The number of hydrogen-bond acceptors (Lipinski definition) is 6. The van der Waals surface area contributed by atoms with E-state index in [0.717, 1.165) is 45.3 Å². The lowest BCUT2D eigenvalue weighted by atomic mass is 9.96. The van der Waals surface area contributed by atoms with Gasteiger partial charge in [-0.3, -0.25) is 24.3 Å². The Hall–Kier alpha value is -4.11. The van der Waals surface area contributed by atoms with Gasteiger partial charge in [0.2, 0.25) is 5.91 Å². The maximum absolute atomic E-state index is 12.8. The van der Waals surface area contributed by atoms with Gasteiger partial charge in [0.1, 0.15) is 5.82 Å². The predicted octanol–water partition coefficient (Wildman–Crippen LogP) is 4.03. The van der Waals surface area contributed by atoms with Crippen LogP contribution in [0.2, 0.25) is 0 Å². The molecule has 3 N–H and O–H groups in total. The van der Waals surface area contributed by atoms with E-state index in [1.807, 2.05) is 0 Å². The lowest BCUT2D eigenvalue weighted by molar-refractivity contribution is -0.117. The number of amides is 3. The molecule has 2 aliphatic rings. The van der Waals surface area contributed by atoms with Crippen LogP contribution in [0.25, 0.3) is 0 Å². The first-order chi connectivity index (χ1) is 18.9. The van der Waals surface area contributed by atoms with Gasteiger partial charge in [-0.25, -0.2) is 4.98 Å². The highest BCUT2D eigenvalue weighted by Crippen LogP contribution is 2.30. The van der Waals surface area contributed by atoms with Crippen LogP contribution in [-0.4, -0.2) is 52.2 Å². The van der Waals surface area contributed by atoms with Crippen LogP contribution in [0.4, 0.5) is 11.5 Å². The predicted molar refractivity (Wildman–Crippen MR) is 149 cm³/mol. The molecule has 0 unspecified atom stereocenters.